The standard InChI is InChI=1S/C22H22BrN3O3S/c1-13-9-18(23)12-19(17-10-14(2)25-15(3)11-17)22(13,4)30(28,29)26-8-6-16-5-7-24-21(27)20(16)26/h5-12,19H,1-4H3,(H,24,27). The highest BCUT2D eigenvalue weighted by molar-refractivity contribution is 9.11. The smallest absolute Gasteiger partial charge is 0.273 e. The Labute approximate surface area is 183 Å². The monoisotopic (exact) mass is 487 g/mol. The number of hydrogen-bond donors (Lipinski definition) is 1. The van der Waals surface area contributed by atoms with Gasteiger partial charge in [-0.2, -0.15) is 0 Å². The predicted octanol–water partition coefficient (Wildman–Crippen LogP) is 4.30. The fourth-order valence-corrected chi connectivity index (χ4v) is 6.92. The van der Waals surface area contributed by atoms with Crippen LogP contribution in [0.25, 0.3) is 10.9 Å². The van der Waals surface area contributed by atoms with Crippen LogP contribution >= 0.6 is 15.9 Å². The van der Waals surface area contributed by atoms with Gasteiger partial charge in [0.25, 0.3) is 5.56 Å². The topological polar surface area (TPSA) is 84.8 Å². The lowest BCUT2D eigenvalue weighted by atomic mass is 9.79. The Kier molecular flexibility index (Phi) is 4.90. The number of pyridine rings is 2. The molecule has 3 aromatic rings. The third-order valence-corrected chi connectivity index (χ3v) is 8.85. The Morgan fingerprint density at radius 3 is 2.50 bits per heavy atom. The zero-order valence-corrected chi connectivity index (χ0v) is 19.5. The fourth-order valence-electron chi connectivity index (χ4n) is 4.26. The van der Waals surface area contributed by atoms with Gasteiger partial charge in [-0.25, -0.2) is 12.4 Å². The van der Waals surface area contributed by atoms with Crippen molar-refractivity contribution in [2.24, 2.45) is 0 Å². The van der Waals surface area contributed by atoms with Crippen molar-refractivity contribution in [2.45, 2.75) is 38.4 Å². The summed E-state index contributed by atoms with van der Waals surface area (Å²) in [6, 6.07) is 7.18. The quantitative estimate of drug-likeness (QED) is 0.596. The average molecular weight is 488 g/mol. The molecule has 0 saturated carbocycles. The van der Waals surface area contributed by atoms with Gasteiger partial charge in [0.15, 0.2) is 0 Å². The van der Waals surface area contributed by atoms with Gasteiger partial charge in [-0.1, -0.05) is 22.0 Å². The second-order valence-corrected chi connectivity index (χ2v) is 11.0. The lowest BCUT2D eigenvalue weighted by molar-refractivity contribution is 0.524. The summed E-state index contributed by atoms with van der Waals surface area (Å²) in [7, 11) is -4.02. The van der Waals surface area contributed by atoms with E-state index in [9.17, 15) is 13.2 Å². The summed E-state index contributed by atoms with van der Waals surface area (Å²) in [6.45, 7) is 7.33. The van der Waals surface area contributed by atoms with E-state index >= 15 is 0 Å². The normalized spacial score (nSPS) is 22.1. The molecule has 0 spiro atoms. The Bertz CT molecular complexity index is 1380. The zero-order valence-electron chi connectivity index (χ0n) is 17.1. The number of nitrogens with zero attached hydrogens (tertiary/aromatic N) is 2. The van der Waals surface area contributed by atoms with Gasteiger partial charge in [-0.15, -0.1) is 0 Å². The highest BCUT2D eigenvalue weighted by Crippen LogP contribution is 2.47. The Morgan fingerprint density at radius 1 is 1.17 bits per heavy atom. The van der Waals surface area contributed by atoms with Crippen LogP contribution in [0.4, 0.5) is 0 Å². The van der Waals surface area contributed by atoms with E-state index in [-0.39, 0.29) is 5.52 Å². The second kappa shape index (κ2) is 7.06. The van der Waals surface area contributed by atoms with Crippen LogP contribution < -0.4 is 5.56 Å². The molecule has 0 radical (unpaired) electrons. The average Bonchev–Trinajstić information content (AvgIpc) is 3.10. The van der Waals surface area contributed by atoms with E-state index in [1.807, 2.05) is 45.1 Å². The molecule has 0 bridgehead atoms. The second-order valence-electron chi connectivity index (χ2n) is 7.87. The molecule has 0 fully saturated rings. The van der Waals surface area contributed by atoms with E-state index in [0.717, 1.165) is 25.4 Å². The van der Waals surface area contributed by atoms with Crippen molar-refractivity contribution in [1.29, 1.82) is 0 Å². The van der Waals surface area contributed by atoms with E-state index in [0.29, 0.717) is 11.0 Å². The number of H-pyrrole nitrogens is 1. The third-order valence-electron chi connectivity index (χ3n) is 5.89. The number of nitrogens with one attached hydrogen (secondary N) is 1. The van der Waals surface area contributed by atoms with Crippen LogP contribution in [0, 0.1) is 13.8 Å². The van der Waals surface area contributed by atoms with E-state index in [1.165, 1.54) is 12.4 Å². The minimum absolute atomic E-state index is 0.126. The van der Waals surface area contributed by atoms with Crippen LogP contribution in [0.3, 0.4) is 0 Å². The summed E-state index contributed by atoms with van der Waals surface area (Å²) in [4.78, 5) is 19.5. The van der Waals surface area contributed by atoms with Gasteiger partial charge in [0.1, 0.15) is 10.3 Å². The molecular formula is C22H22BrN3O3S. The first-order valence-corrected chi connectivity index (χ1v) is 11.7. The van der Waals surface area contributed by atoms with Crippen molar-refractivity contribution in [3.05, 3.63) is 86.2 Å². The number of allylic oxidation sites excluding steroid dienone is 3. The maximum Gasteiger partial charge on any atom is 0.273 e. The van der Waals surface area contributed by atoms with Crippen LogP contribution in [0.1, 0.15) is 36.7 Å². The molecular weight excluding hydrogens is 466 g/mol. The predicted molar refractivity (Wildman–Crippen MR) is 123 cm³/mol. The largest absolute Gasteiger partial charge is 0.327 e. The summed E-state index contributed by atoms with van der Waals surface area (Å²) in [6.07, 6.45) is 6.71. The van der Waals surface area contributed by atoms with Crippen LogP contribution in [-0.4, -0.2) is 27.1 Å². The summed E-state index contributed by atoms with van der Waals surface area (Å²) in [5.74, 6) is -0.470. The summed E-state index contributed by atoms with van der Waals surface area (Å²) >= 11 is 3.53. The number of fused-ring (bicyclic) bond motifs is 1. The van der Waals surface area contributed by atoms with Gasteiger partial charge in [-0.3, -0.25) is 9.78 Å². The zero-order chi connectivity index (χ0) is 21.8. The molecule has 2 atom stereocenters. The molecule has 1 N–H and O–H groups in total. The SMILES string of the molecule is CC1=CC(Br)=CC(c2cc(C)nc(C)c2)C1(C)S(=O)(=O)n1ccc2cc[nH]c(=O)c21. The summed E-state index contributed by atoms with van der Waals surface area (Å²) < 4.78 is 28.9. The molecule has 156 valence electrons. The maximum absolute atomic E-state index is 14.1. The lowest BCUT2D eigenvalue weighted by Crippen LogP contribution is -2.46. The van der Waals surface area contributed by atoms with Gasteiger partial charge in [-0.05, 0) is 69.2 Å². The molecule has 0 aliphatic heterocycles. The molecule has 3 heterocycles. The van der Waals surface area contributed by atoms with Gasteiger partial charge < -0.3 is 4.98 Å². The molecule has 0 saturated heterocycles. The number of halogens is 1. The van der Waals surface area contributed by atoms with Crippen molar-refractivity contribution < 1.29 is 8.42 Å². The van der Waals surface area contributed by atoms with Gasteiger partial charge >= 0.3 is 0 Å². The molecule has 8 heteroatoms. The lowest BCUT2D eigenvalue weighted by Gasteiger charge is -2.39. The number of aromatic nitrogens is 3. The first-order chi connectivity index (χ1) is 14.1. The molecule has 3 aromatic heterocycles. The van der Waals surface area contributed by atoms with Crippen LogP contribution in [-0.2, 0) is 10.0 Å². The Hall–Kier alpha value is -2.45. The molecule has 2 unspecified atom stereocenters. The van der Waals surface area contributed by atoms with Gasteiger partial charge in [0, 0.05) is 39.6 Å². The molecule has 1 aliphatic rings. The Morgan fingerprint density at radius 2 is 1.83 bits per heavy atom. The first-order valence-electron chi connectivity index (χ1n) is 9.51. The molecule has 0 aromatic carbocycles. The minimum Gasteiger partial charge on any atom is -0.327 e. The van der Waals surface area contributed by atoms with Crippen molar-refractivity contribution >= 4 is 36.9 Å². The van der Waals surface area contributed by atoms with Crippen molar-refractivity contribution in [3.8, 4) is 0 Å². The van der Waals surface area contributed by atoms with Crippen LogP contribution in [0.2, 0.25) is 0 Å². The first kappa shape index (κ1) is 20.8. The molecule has 0 amide bonds. The molecule has 4 rings (SSSR count). The van der Waals surface area contributed by atoms with Gasteiger partial charge in [0.2, 0.25) is 10.0 Å². The number of aromatic amines is 1. The maximum atomic E-state index is 14.1. The van der Waals surface area contributed by atoms with E-state index in [1.54, 1.807) is 19.1 Å². The van der Waals surface area contributed by atoms with E-state index < -0.39 is 26.2 Å². The van der Waals surface area contributed by atoms with Crippen molar-refractivity contribution in [3.63, 3.8) is 0 Å². The van der Waals surface area contributed by atoms with E-state index in [4.69, 9.17) is 0 Å². The number of hydrogen-bond acceptors (Lipinski definition) is 4. The van der Waals surface area contributed by atoms with Crippen molar-refractivity contribution in [2.75, 3.05) is 0 Å². The van der Waals surface area contributed by atoms with E-state index in [2.05, 4.69) is 25.9 Å². The molecule has 1 aliphatic carbocycles. The summed E-state index contributed by atoms with van der Waals surface area (Å²) in [5.41, 5.74) is 2.88. The third kappa shape index (κ3) is 3.01. The van der Waals surface area contributed by atoms with Crippen LogP contribution in [0.5, 0.6) is 0 Å². The highest BCUT2D eigenvalue weighted by Gasteiger charge is 2.50. The Balaban J connectivity index is 2.01. The summed E-state index contributed by atoms with van der Waals surface area (Å²) in [5, 5.41) is 0.576. The molecule has 6 nitrogen and oxygen atoms in total. The number of rotatable bonds is 3. The van der Waals surface area contributed by atoms with Gasteiger partial charge in [0.05, 0.1) is 0 Å². The van der Waals surface area contributed by atoms with Crippen LogP contribution in [0.15, 0.2) is 63.7 Å². The fraction of sp³-hybridized carbons (Fsp3) is 0.273. The van der Waals surface area contributed by atoms with Crippen molar-refractivity contribution in [1.82, 2.24) is 13.9 Å². The highest BCUT2D eigenvalue weighted by atomic mass is 79.9. The number of aryl methyl sites for hydroxylation is 2. The molecule has 30 heavy (non-hydrogen) atoms. The minimum atomic E-state index is -4.02.